The number of hydrogen-bond donors (Lipinski definition) is 3. The molecular weight excluding hydrogens is 647 g/mol. The lowest BCUT2D eigenvalue weighted by molar-refractivity contribution is -0.131. The number of methoxy groups -OCH3 is 1. The van der Waals surface area contributed by atoms with Crippen molar-refractivity contribution in [2.45, 2.75) is 25.7 Å². The second-order valence-corrected chi connectivity index (χ2v) is 13.1. The van der Waals surface area contributed by atoms with Crippen LogP contribution in [0.25, 0.3) is 0 Å². The monoisotopic (exact) mass is 674 g/mol. The fourth-order valence-electron chi connectivity index (χ4n) is 8.26. The molecular formula is C35H28ClFN2O9. The number of rotatable bonds is 5. The average molecular weight is 675 g/mol. The number of benzene rings is 3. The van der Waals surface area contributed by atoms with Gasteiger partial charge in [-0.2, -0.15) is 0 Å². The van der Waals surface area contributed by atoms with Crippen LogP contribution in [0.3, 0.4) is 0 Å². The first-order valence-corrected chi connectivity index (χ1v) is 15.5. The maximum Gasteiger partial charge on any atom is 0.339 e. The zero-order chi connectivity index (χ0) is 34.4. The molecule has 7 rings (SSSR count). The van der Waals surface area contributed by atoms with Crippen molar-refractivity contribution in [3.63, 3.8) is 0 Å². The van der Waals surface area contributed by atoms with E-state index in [2.05, 4.69) is 0 Å². The van der Waals surface area contributed by atoms with E-state index in [1.807, 2.05) is 6.08 Å². The molecule has 2 aliphatic carbocycles. The number of amides is 4. The van der Waals surface area contributed by atoms with Gasteiger partial charge in [0.05, 0.1) is 46.7 Å². The van der Waals surface area contributed by atoms with E-state index in [4.69, 9.17) is 16.3 Å². The Morgan fingerprint density at radius 1 is 0.938 bits per heavy atom. The molecule has 3 aromatic carbocycles. The molecule has 4 aliphatic rings. The molecule has 48 heavy (non-hydrogen) atoms. The maximum absolute atomic E-state index is 14.5. The van der Waals surface area contributed by atoms with E-state index in [0.717, 1.165) is 28.0 Å². The number of carboxylic acid groups (broad SMARTS) is 1. The summed E-state index contributed by atoms with van der Waals surface area (Å²) < 4.78 is 19.8. The summed E-state index contributed by atoms with van der Waals surface area (Å²) in [6.07, 6.45) is 2.00. The van der Waals surface area contributed by atoms with Gasteiger partial charge in [-0.3, -0.25) is 19.2 Å². The third kappa shape index (κ3) is 4.28. The van der Waals surface area contributed by atoms with Gasteiger partial charge < -0.3 is 20.1 Å². The van der Waals surface area contributed by atoms with Gasteiger partial charge in [-0.05, 0) is 62.1 Å². The van der Waals surface area contributed by atoms with Crippen molar-refractivity contribution >= 4 is 52.6 Å². The summed E-state index contributed by atoms with van der Waals surface area (Å²) in [6, 6.07) is 11.4. The summed E-state index contributed by atoms with van der Waals surface area (Å²) in [7, 11) is 1.40. The lowest BCUT2D eigenvalue weighted by Gasteiger charge is -2.49. The molecule has 3 N–H and O–H groups in total. The number of aromatic hydroxyl groups is 2. The molecule has 6 atom stereocenters. The number of anilines is 2. The number of phenolic OH excluding ortho intramolecular Hbond substituents is 1. The lowest BCUT2D eigenvalue weighted by atomic mass is 9.51. The van der Waals surface area contributed by atoms with Crippen molar-refractivity contribution in [2.24, 2.45) is 29.1 Å². The highest BCUT2D eigenvalue weighted by molar-refractivity contribution is 6.32. The molecule has 0 bridgehead atoms. The van der Waals surface area contributed by atoms with Crippen molar-refractivity contribution in [1.82, 2.24) is 0 Å². The van der Waals surface area contributed by atoms with Crippen LogP contribution in [0, 0.1) is 34.9 Å². The average Bonchev–Trinajstić information content (AvgIpc) is 3.41. The minimum absolute atomic E-state index is 0.00679. The van der Waals surface area contributed by atoms with Gasteiger partial charge in [-0.15, -0.1) is 0 Å². The number of halogens is 2. The fourth-order valence-corrected chi connectivity index (χ4v) is 8.44. The number of aromatic carboxylic acids is 1. The smallest absolute Gasteiger partial charge is 0.339 e. The minimum Gasteiger partial charge on any atom is -0.508 e. The summed E-state index contributed by atoms with van der Waals surface area (Å²) in [5, 5.41) is 29.7. The molecule has 11 nitrogen and oxygen atoms in total. The van der Waals surface area contributed by atoms with Crippen LogP contribution in [-0.2, 0) is 19.2 Å². The van der Waals surface area contributed by atoms with Gasteiger partial charge in [-0.25, -0.2) is 19.0 Å². The predicted octanol–water partition coefficient (Wildman–Crippen LogP) is 5.03. The van der Waals surface area contributed by atoms with E-state index in [1.54, 1.807) is 13.0 Å². The van der Waals surface area contributed by atoms with E-state index in [1.165, 1.54) is 37.4 Å². The highest BCUT2D eigenvalue weighted by Gasteiger charge is 2.68. The van der Waals surface area contributed by atoms with Crippen LogP contribution in [0.2, 0.25) is 5.02 Å². The Balaban J connectivity index is 1.37. The van der Waals surface area contributed by atoms with E-state index in [0.29, 0.717) is 11.1 Å². The highest BCUT2D eigenvalue weighted by Crippen LogP contribution is 2.64. The minimum atomic E-state index is -1.43. The summed E-state index contributed by atoms with van der Waals surface area (Å²) >= 11 is 6.05. The summed E-state index contributed by atoms with van der Waals surface area (Å²) in [6.45, 7) is 1.67. The number of carbonyl (C=O) groups is 5. The number of nitrogens with zero attached hydrogens (tertiary/aromatic N) is 2. The third-order valence-electron chi connectivity index (χ3n) is 10.4. The topological polar surface area (TPSA) is 162 Å². The van der Waals surface area contributed by atoms with Crippen molar-refractivity contribution < 1.29 is 48.4 Å². The zero-order valence-corrected chi connectivity index (χ0v) is 26.3. The standard InChI is InChI=1S/C35H28ClFN2O9/c1-35-23(31(43)39(34(35)47)15-4-10-25(37)24(36)11-15)14-22-18(29(35)20-7-5-17(40)13-27(20)48-2)8-9-21-28(22)32(44)38(30(21)42)16-3-6-19(33(45)46)26(41)12-16/h3-8,10-13,21-23,28-29,40-41H,9,14H2,1-2H3,(H,45,46). The van der Waals surface area contributed by atoms with Crippen molar-refractivity contribution in [3.05, 3.63) is 88.2 Å². The number of ether oxygens (including phenoxy) is 1. The van der Waals surface area contributed by atoms with Crippen LogP contribution in [0.4, 0.5) is 15.8 Å². The van der Waals surface area contributed by atoms with Gasteiger partial charge in [-0.1, -0.05) is 29.3 Å². The number of carbonyl (C=O) groups excluding carboxylic acids is 4. The molecule has 246 valence electrons. The summed E-state index contributed by atoms with van der Waals surface area (Å²) in [5.41, 5.74) is -0.589. The van der Waals surface area contributed by atoms with E-state index < -0.39 is 81.7 Å². The van der Waals surface area contributed by atoms with Crippen LogP contribution in [-0.4, -0.2) is 52.0 Å². The Morgan fingerprint density at radius 2 is 1.65 bits per heavy atom. The number of phenols is 2. The number of imide groups is 2. The first-order chi connectivity index (χ1) is 22.8. The first-order valence-electron chi connectivity index (χ1n) is 15.1. The molecule has 2 aliphatic heterocycles. The van der Waals surface area contributed by atoms with Crippen LogP contribution in [0.5, 0.6) is 17.2 Å². The van der Waals surface area contributed by atoms with Gasteiger partial charge in [0, 0.05) is 23.6 Å². The SMILES string of the molecule is COc1cc(O)ccc1C1C2=CCC3C(=O)N(c4ccc(C(=O)O)c(O)c4)C(=O)C3C2CC2C(=O)N(c3ccc(F)c(Cl)c3)C(=O)C21C. The van der Waals surface area contributed by atoms with Crippen molar-refractivity contribution in [2.75, 3.05) is 16.9 Å². The van der Waals surface area contributed by atoms with Gasteiger partial charge in [0.2, 0.25) is 23.6 Å². The molecule has 0 spiro atoms. The fraction of sp³-hybridized carbons (Fsp3) is 0.286. The molecule has 3 fully saturated rings. The van der Waals surface area contributed by atoms with E-state index >= 15 is 0 Å². The number of hydrogen-bond acceptors (Lipinski definition) is 8. The second-order valence-electron chi connectivity index (χ2n) is 12.7. The predicted molar refractivity (Wildman–Crippen MR) is 168 cm³/mol. The van der Waals surface area contributed by atoms with Gasteiger partial charge >= 0.3 is 5.97 Å². The molecule has 2 heterocycles. The quantitative estimate of drug-likeness (QED) is 0.249. The maximum atomic E-state index is 14.5. The third-order valence-corrected chi connectivity index (χ3v) is 10.7. The van der Waals surface area contributed by atoms with E-state index in [-0.39, 0.29) is 40.7 Å². The molecule has 0 radical (unpaired) electrons. The van der Waals surface area contributed by atoms with Gasteiger partial charge in [0.1, 0.15) is 28.6 Å². The van der Waals surface area contributed by atoms with E-state index in [9.17, 15) is 43.7 Å². The summed E-state index contributed by atoms with van der Waals surface area (Å²) in [4.78, 5) is 70.3. The lowest BCUT2D eigenvalue weighted by Crippen LogP contribution is -2.49. The van der Waals surface area contributed by atoms with Gasteiger partial charge in [0.25, 0.3) is 0 Å². The Kier molecular flexibility index (Phi) is 7.13. The zero-order valence-electron chi connectivity index (χ0n) is 25.5. The van der Waals surface area contributed by atoms with Crippen molar-refractivity contribution in [3.8, 4) is 17.2 Å². The van der Waals surface area contributed by atoms with Crippen LogP contribution >= 0.6 is 11.6 Å². The van der Waals surface area contributed by atoms with Gasteiger partial charge in [0.15, 0.2) is 0 Å². The largest absolute Gasteiger partial charge is 0.508 e. The number of fused-ring (bicyclic) bond motifs is 4. The molecule has 1 saturated carbocycles. The Hall–Kier alpha value is -5.23. The van der Waals surface area contributed by atoms with Crippen LogP contribution in [0.1, 0.15) is 41.6 Å². The molecule has 2 saturated heterocycles. The Morgan fingerprint density at radius 3 is 2.31 bits per heavy atom. The summed E-state index contributed by atoms with van der Waals surface area (Å²) in [5.74, 6) is -9.10. The van der Waals surface area contributed by atoms with Crippen LogP contribution < -0.4 is 14.5 Å². The molecule has 3 aromatic rings. The Labute approximate surface area is 277 Å². The molecule has 6 unspecified atom stereocenters. The molecule has 13 heteroatoms. The first kappa shape index (κ1) is 31.4. The highest BCUT2D eigenvalue weighted by atomic mass is 35.5. The second kappa shape index (κ2) is 10.9. The van der Waals surface area contributed by atoms with Crippen LogP contribution in [0.15, 0.2) is 66.2 Å². The van der Waals surface area contributed by atoms with Crippen molar-refractivity contribution in [1.29, 1.82) is 0 Å². The Bertz CT molecular complexity index is 2010. The number of carboxylic acids is 1. The molecule has 0 aromatic heterocycles. The normalized spacial score (nSPS) is 27.8. The molecule has 4 amide bonds. The number of allylic oxidation sites excluding steroid dienone is 2.